The van der Waals surface area contributed by atoms with Gasteiger partial charge in [-0.1, -0.05) is 76.2 Å². The Morgan fingerprint density at radius 2 is 1.28 bits per heavy atom. The fourth-order valence-corrected chi connectivity index (χ4v) is 5.98. The lowest BCUT2D eigenvalue weighted by atomic mass is 9.87. The van der Waals surface area contributed by atoms with E-state index in [9.17, 15) is 0 Å². The van der Waals surface area contributed by atoms with Crippen molar-refractivity contribution in [3.05, 3.63) is 127 Å². The van der Waals surface area contributed by atoms with Gasteiger partial charge in [-0.2, -0.15) is 0 Å². The molecule has 3 aromatic heterocycles. The van der Waals surface area contributed by atoms with Crippen LogP contribution >= 0.6 is 0 Å². The molecule has 0 unspecified atom stereocenters. The molecule has 4 aromatic carbocycles. The molecule has 212 valence electrons. The number of benzene rings is 4. The molecular formula is C38H33N3O2. The molecule has 0 fully saturated rings. The highest BCUT2D eigenvalue weighted by Crippen LogP contribution is 2.40. The number of imidazole rings is 1. The zero-order valence-corrected chi connectivity index (χ0v) is 24.8. The number of aromatic nitrogens is 3. The van der Waals surface area contributed by atoms with Gasteiger partial charge in [-0.3, -0.25) is 4.40 Å². The summed E-state index contributed by atoms with van der Waals surface area (Å²) in [7, 11) is 0. The molecular weight excluding hydrogens is 530 g/mol. The average molecular weight is 564 g/mol. The van der Waals surface area contributed by atoms with Gasteiger partial charge in [0.1, 0.15) is 22.9 Å². The van der Waals surface area contributed by atoms with Crippen molar-refractivity contribution in [2.75, 3.05) is 0 Å². The predicted molar refractivity (Wildman–Crippen MR) is 175 cm³/mol. The quantitative estimate of drug-likeness (QED) is 0.181. The number of pyridine rings is 2. The average Bonchev–Trinajstić information content (AvgIpc) is 3.47. The molecule has 43 heavy (non-hydrogen) atoms. The van der Waals surface area contributed by atoms with Gasteiger partial charge in [0.05, 0.1) is 17.4 Å². The van der Waals surface area contributed by atoms with Gasteiger partial charge in [0.15, 0.2) is 0 Å². The Bertz CT molecular complexity index is 2070. The van der Waals surface area contributed by atoms with Gasteiger partial charge in [-0.05, 0) is 70.8 Å². The lowest BCUT2D eigenvalue weighted by Crippen LogP contribution is -2.02. The molecule has 0 saturated carbocycles. The molecule has 0 aliphatic rings. The summed E-state index contributed by atoms with van der Waals surface area (Å²) in [5, 5.41) is 3.35. The van der Waals surface area contributed by atoms with Gasteiger partial charge in [-0.25, -0.2) is 9.97 Å². The van der Waals surface area contributed by atoms with Crippen LogP contribution in [0, 0.1) is 0 Å². The number of nitrogens with zero attached hydrogens (tertiary/aromatic N) is 3. The van der Waals surface area contributed by atoms with Crippen molar-refractivity contribution in [1.82, 2.24) is 14.4 Å². The Balaban J connectivity index is 1.38. The molecule has 5 heteroatoms. The standard InChI is InChI=1S/C38H33N3O2/c1-24(2)29-14-10-15-30(25(3)4)37(29)35-23-40-38-33-22-28(18-19-31(33)32-13-5-6-16-34(32)41(35)38)42-26-11-9-12-27(21-26)43-36-17-7-8-20-39-36/h5-25H,1-4H3. The summed E-state index contributed by atoms with van der Waals surface area (Å²) in [4.78, 5) is 9.32. The van der Waals surface area contributed by atoms with Crippen LogP contribution in [0.15, 0.2) is 116 Å². The largest absolute Gasteiger partial charge is 0.457 e. The van der Waals surface area contributed by atoms with Crippen molar-refractivity contribution < 1.29 is 9.47 Å². The third-order valence-corrected chi connectivity index (χ3v) is 7.96. The number of rotatable bonds is 7. The summed E-state index contributed by atoms with van der Waals surface area (Å²) in [5.41, 5.74) is 7.12. The molecule has 0 spiro atoms. The zero-order chi connectivity index (χ0) is 29.5. The van der Waals surface area contributed by atoms with Crippen LogP contribution < -0.4 is 9.47 Å². The van der Waals surface area contributed by atoms with Crippen LogP contribution in [0.1, 0.15) is 50.7 Å². The highest BCUT2D eigenvalue weighted by atomic mass is 16.5. The molecule has 0 atom stereocenters. The van der Waals surface area contributed by atoms with E-state index in [1.807, 2.05) is 54.7 Å². The van der Waals surface area contributed by atoms with E-state index in [1.54, 1.807) is 6.20 Å². The van der Waals surface area contributed by atoms with Crippen molar-refractivity contribution in [2.24, 2.45) is 0 Å². The third kappa shape index (κ3) is 4.87. The van der Waals surface area contributed by atoms with Gasteiger partial charge < -0.3 is 9.47 Å². The third-order valence-electron chi connectivity index (χ3n) is 7.96. The van der Waals surface area contributed by atoms with Crippen molar-refractivity contribution >= 4 is 27.3 Å². The van der Waals surface area contributed by atoms with Crippen molar-refractivity contribution in [1.29, 1.82) is 0 Å². The van der Waals surface area contributed by atoms with E-state index in [1.165, 1.54) is 22.1 Å². The molecule has 0 saturated heterocycles. The lowest BCUT2D eigenvalue weighted by molar-refractivity contribution is 0.449. The fourth-order valence-electron chi connectivity index (χ4n) is 5.98. The van der Waals surface area contributed by atoms with E-state index >= 15 is 0 Å². The number of hydrogen-bond acceptors (Lipinski definition) is 4. The van der Waals surface area contributed by atoms with Crippen molar-refractivity contribution in [2.45, 2.75) is 39.5 Å². The van der Waals surface area contributed by atoms with Crippen LogP contribution in [-0.2, 0) is 0 Å². The molecule has 0 amide bonds. The van der Waals surface area contributed by atoms with E-state index in [4.69, 9.17) is 14.5 Å². The van der Waals surface area contributed by atoms with E-state index in [0.717, 1.165) is 33.4 Å². The normalized spacial score (nSPS) is 11.7. The number of ether oxygens (including phenoxy) is 2. The first kappa shape index (κ1) is 26.7. The SMILES string of the molecule is CC(C)c1cccc(C(C)C)c1-c1cnc2c3cc(Oc4cccc(Oc5ccccn5)c4)ccc3c3ccccc3n12. The summed E-state index contributed by atoms with van der Waals surface area (Å²) >= 11 is 0. The van der Waals surface area contributed by atoms with Crippen LogP contribution in [0.4, 0.5) is 0 Å². The van der Waals surface area contributed by atoms with Crippen molar-refractivity contribution in [3.63, 3.8) is 0 Å². The van der Waals surface area contributed by atoms with E-state index in [0.29, 0.717) is 29.2 Å². The van der Waals surface area contributed by atoms with Crippen LogP contribution in [0.3, 0.4) is 0 Å². The Hall–Kier alpha value is -5.16. The zero-order valence-electron chi connectivity index (χ0n) is 24.8. The fraction of sp³-hybridized carbons (Fsp3) is 0.158. The van der Waals surface area contributed by atoms with Gasteiger partial charge in [0.2, 0.25) is 5.88 Å². The molecule has 0 bridgehead atoms. The summed E-state index contributed by atoms with van der Waals surface area (Å²) in [6.45, 7) is 9.05. The minimum atomic E-state index is 0.378. The number of para-hydroxylation sites is 1. The Morgan fingerprint density at radius 3 is 2.02 bits per heavy atom. The predicted octanol–water partition coefficient (Wildman–Crippen LogP) is 10.5. The second kappa shape index (κ2) is 10.9. The highest BCUT2D eigenvalue weighted by Gasteiger charge is 2.21. The first-order valence-electron chi connectivity index (χ1n) is 14.8. The van der Waals surface area contributed by atoms with Gasteiger partial charge in [0, 0.05) is 34.7 Å². The maximum Gasteiger partial charge on any atom is 0.219 e. The first-order chi connectivity index (χ1) is 21.0. The molecule has 0 N–H and O–H groups in total. The molecule has 0 aliphatic heterocycles. The first-order valence-corrected chi connectivity index (χ1v) is 14.8. The number of hydrogen-bond donors (Lipinski definition) is 0. The maximum absolute atomic E-state index is 6.38. The van der Waals surface area contributed by atoms with Gasteiger partial charge >= 0.3 is 0 Å². The van der Waals surface area contributed by atoms with Crippen molar-refractivity contribution in [3.8, 4) is 34.4 Å². The minimum Gasteiger partial charge on any atom is -0.457 e. The molecule has 0 radical (unpaired) electrons. The lowest BCUT2D eigenvalue weighted by Gasteiger charge is -2.20. The van der Waals surface area contributed by atoms with Crippen LogP contribution in [0.25, 0.3) is 38.6 Å². The molecule has 5 nitrogen and oxygen atoms in total. The maximum atomic E-state index is 6.38. The molecule has 7 aromatic rings. The smallest absolute Gasteiger partial charge is 0.219 e. The second-order valence-electron chi connectivity index (χ2n) is 11.5. The van der Waals surface area contributed by atoms with E-state index in [-0.39, 0.29) is 0 Å². The topological polar surface area (TPSA) is 48.7 Å². The monoisotopic (exact) mass is 563 g/mol. The van der Waals surface area contributed by atoms with Crippen LogP contribution in [0.2, 0.25) is 0 Å². The summed E-state index contributed by atoms with van der Waals surface area (Å²) < 4.78 is 14.6. The Morgan fingerprint density at radius 1 is 0.581 bits per heavy atom. The Kier molecular flexibility index (Phi) is 6.78. The van der Waals surface area contributed by atoms with E-state index in [2.05, 4.69) is 91.7 Å². The van der Waals surface area contributed by atoms with E-state index < -0.39 is 0 Å². The van der Waals surface area contributed by atoms with Crippen LogP contribution in [0.5, 0.6) is 23.1 Å². The molecule has 3 heterocycles. The highest BCUT2D eigenvalue weighted by molar-refractivity contribution is 6.12. The van der Waals surface area contributed by atoms with Crippen LogP contribution in [-0.4, -0.2) is 14.4 Å². The number of fused-ring (bicyclic) bond motifs is 6. The second-order valence-corrected chi connectivity index (χ2v) is 11.5. The summed E-state index contributed by atoms with van der Waals surface area (Å²) in [5.74, 6) is 3.37. The van der Waals surface area contributed by atoms with Gasteiger partial charge in [-0.15, -0.1) is 0 Å². The summed E-state index contributed by atoms with van der Waals surface area (Å²) in [6, 6.07) is 34.7. The Labute approximate surface area is 251 Å². The van der Waals surface area contributed by atoms with Gasteiger partial charge in [0.25, 0.3) is 0 Å². The molecule has 0 aliphatic carbocycles. The summed E-state index contributed by atoms with van der Waals surface area (Å²) in [6.07, 6.45) is 3.75. The molecule has 7 rings (SSSR count). The minimum absolute atomic E-state index is 0.378.